The van der Waals surface area contributed by atoms with Crippen LogP contribution in [0.1, 0.15) is 62.9 Å². The summed E-state index contributed by atoms with van der Waals surface area (Å²) in [5.41, 5.74) is 0.0991. The first-order chi connectivity index (χ1) is 16.4. The molecule has 1 aromatic heterocycles. The molecule has 0 aromatic carbocycles. The van der Waals surface area contributed by atoms with Crippen molar-refractivity contribution in [2.75, 3.05) is 7.11 Å². The minimum absolute atomic E-state index is 0.0425. The van der Waals surface area contributed by atoms with E-state index in [0.29, 0.717) is 23.5 Å². The van der Waals surface area contributed by atoms with Crippen LogP contribution in [0.4, 0.5) is 0 Å². The van der Waals surface area contributed by atoms with Crippen LogP contribution >= 0.6 is 0 Å². The van der Waals surface area contributed by atoms with Crippen LogP contribution in [-0.4, -0.2) is 48.8 Å². The van der Waals surface area contributed by atoms with E-state index >= 15 is 0 Å². The Hall–Kier alpha value is -3.40. The zero-order chi connectivity index (χ0) is 25.7. The molecular weight excluding hydrogens is 460 g/mol. The monoisotopic (exact) mass is 488 g/mol. The smallest absolute Gasteiger partial charge is 0.338 e. The highest BCUT2D eigenvalue weighted by Gasteiger charge is 2.57. The Bertz CT molecular complexity index is 1130. The summed E-state index contributed by atoms with van der Waals surface area (Å²) < 4.78 is 33.6. The molecule has 4 bridgehead atoms. The third-order valence-electron chi connectivity index (χ3n) is 6.52. The number of hydrogen-bond acceptors (Lipinski definition) is 10. The van der Waals surface area contributed by atoms with Gasteiger partial charge in [0.05, 0.1) is 12.7 Å². The van der Waals surface area contributed by atoms with Crippen molar-refractivity contribution in [3.05, 3.63) is 47.0 Å². The lowest BCUT2D eigenvalue weighted by atomic mass is 9.84. The number of rotatable bonds is 4. The minimum Gasteiger partial charge on any atom is -0.466 e. The van der Waals surface area contributed by atoms with Gasteiger partial charge in [-0.1, -0.05) is 6.58 Å². The third kappa shape index (κ3) is 4.75. The first-order valence-corrected chi connectivity index (χ1v) is 11.3. The van der Waals surface area contributed by atoms with E-state index in [9.17, 15) is 19.2 Å². The van der Waals surface area contributed by atoms with Crippen LogP contribution < -0.4 is 0 Å². The van der Waals surface area contributed by atoms with E-state index in [2.05, 4.69) is 6.58 Å². The molecule has 10 nitrogen and oxygen atoms in total. The Kier molecular flexibility index (Phi) is 6.35. The second kappa shape index (κ2) is 8.99. The summed E-state index contributed by atoms with van der Waals surface area (Å²) in [4.78, 5) is 49.4. The summed E-state index contributed by atoms with van der Waals surface area (Å²) in [5, 5.41) is 0. The maximum Gasteiger partial charge on any atom is 0.338 e. The molecule has 4 rings (SSSR count). The molecule has 1 aromatic rings. The fraction of sp³-hybridized carbons (Fsp3) is 0.520. The van der Waals surface area contributed by atoms with Gasteiger partial charge >= 0.3 is 23.9 Å². The predicted octanol–water partition coefficient (Wildman–Crippen LogP) is 2.94. The zero-order valence-electron chi connectivity index (χ0n) is 20.2. The fourth-order valence-corrected chi connectivity index (χ4v) is 4.83. The van der Waals surface area contributed by atoms with Crippen molar-refractivity contribution < 1.29 is 47.3 Å². The second-order valence-corrected chi connectivity index (χ2v) is 9.26. The number of methoxy groups -OCH3 is 1. The second-order valence-electron chi connectivity index (χ2n) is 9.26. The number of carbonyl (C=O) groups excluding carboxylic acids is 4. The Morgan fingerprint density at radius 3 is 2.49 bits per heavy atom. The fourth-order valence-electron chi connectivity index (χ4n) is 4.83. The van der Waals surface area contributed by atoms with Gasteiger partial charge in [-0.3, -0.25) is 9.59 Å². The molecule has 1 saturated heterocycles. The normalized spacial score (nSPS) is 31.4. The van der Waals surface area contributed by atoms with Gasteiger partial charge in [0.2, 0.25) is 0 Å². The lowest BCUT2D eigenvalue weighted by molar-refractivity contribution is -0.155. The summed E-state index contributed by atoms with van der Waals surface area (Å²) in [6.45, 7) is 9.96. The standard InChI is InChI=1S/C25H28O10/c1-11-7-19-22-25(5,35-22)10-15-8-17(24(29)33-15)18(31-13(3)26)9-16(12(2)23(28)30-6)21(20(11)34-19)32-14(4)27/h7-8,15-16,18,21-22H,2,9-10H2,1,3-6H3/t15-,16?,18-,21+,22-,25-/m0/s1. The number of aryl methyl sites for hydroxylation is 1. The van der Waals surface area contributed by atoms with Crippen molar-refractivity contribution in [1.82, 2.24) is 0 Å². The largest absolute Gasteiger partial charge is 0.466 e. The van der Waals surface area contributed by atoms with Gasteiger partial charge in [-0.25, -0.2) is 9.59 Å². The predicted molar refractivity (Wildman–Crippen MR) is 118 cm³/mol. The highest BCUT2D eigenvalue weighted by molar-refractivity contribution is 5.93. The molecule has 6 atom stereocenters. The molecule has 3 aliphatic rings. The molecule has 3 aliphatic heterocycles. The van der Waals surface area contributed by atoms with Crippen molar-refractivity contribution in [2.24, 2.45) is 5.92 Å². The molecule has 1 fully saturated rings. The van der Waals surface area contributed by atoms with Crippen molar-refractivity contribution >= 4 is 23.9 Å². The number of ether oxygens (including phenoxy) is 5. The molecule has 35 heavy (non-hydrogen) atoms. The lowest BCUT2D eigenvalue weighted by Gasteiger charge is -2.29. The minimum atomic E-state index is -1.12. The molecule has 0 radical (unpaired) electrons. The summed E-state index contributed by atoms with van der Waals surface area (Å²) in [6, 6.07) is 1.79. The molecule has 0 spiro atoms. The molecule has 1 unspecified atom stereocenters. The summed E-state index contributed by atoms with van der Waals surface area (Å²) >= 11 is 0. The van der Waals surface area contributed by atoms with E-state index < -0.39 is 59.8 Å². The SMILES string of the molecule is C=C(C(=O)OC)C1C[C@H](OC(C)=O)C2=C[C@@H](C[C@]3(C)O[C@H]3c3cc(C)c(o3)[C@@H]1OC(C)=O)OC2=O. The Labute approximate surface area is 202 Å². The molecule has 0 aliphatic carbocycles. The summed E-state index contributed by atoms with van der Waals surface area (Å²) in [7, 11) is 1.19. The van der Waals surface area contributed by atoms with Gasteiger partial charge in [-0.2, -0.15) is 0 Å². The molecule has 10 heteroatoms. The zero-order valence-corrected chi connectivity index (χ0v) is 20.2. The van der Waals surface area contributed by atoms with Crippen LogP contribution in [0.15, 0.2) is 34.3 Å². The van der Waals surface area contributed by atoms with Gasteiger partial charge in [0.15, 0.2) is 6.10 Å². The third-order valence-corrected chi connectivity index (χ3v) is 6.52. The van der Waals surface area contributed by atoms with Crippen LogP contribution in [0, 0.1) is 12.8 Å². The Morgan fingerprint density at radius 2 is 1.86 bits per heavy atom. The van der Waals surface area contributed by atoms with Crippen molar-refractivity contribution in [2.45, 2.75) is 70.6 Å². The average Bonchev–Trinajstić information content (AvgIpc) is 3.08. The Balaban J connectivity index is 1.88. The van der Waals surface area contributed by atoms with E-state index in [1.807, 2.05) is 6.92 Å². The number of fused-ring (bicyclic) bond motifs is 5. The van der Waals surface area contributed by atoms with Gasteiger partial charge in [0.25, 0.3) is 0 Å². The van der Waals surface area contributed by atoms with E-state index in [1.54, 1.807) is 19.1 Å². The maximum atomic E-state index is 12.8. The van der Waals surface area contributed by atoms with E-state index in [4.69, 9.17) is 28.1 Å². The van der Waals surface area contributed by atoms with Gasteiger partial charge in [0, 0.05) is 38.2 Å². The number of furan rings is 1. The van der Waals surface area contributed by atoms with Crippen LogP contribution in [0.5, 0.6) is 0 Å². The van der Waals surface area contributed by atoms with Crippen LogP contribution in [0.2, 0.25) is 0 Å². The molecule has 188 valence electrons. The quantitative estimate of drug-likeness (QED) is 0.270. The lowest BCUT2D eigenvalue weighted by Crippen LogP contribution is -2.32. The first-order valence-electron chi connectivity index (χ1n) is 11.3. The molecule has 0 amide bonds. The van der Waals surface area contributed by atoms with Gasteiger partial charge in [-0.05, 0) is 31.6 Å². The number of epoxide rings is 1. The number of esters is 4. The maximum absolute atomic E-state index is 12.8. The van der Waals surface area contributed by atoms with Crippen molar-refractivity contribution in [3.63, 3.8) is 0 Å². The number of carbonyl (C=O) groups is 4. The van der Waals surface area contributed by atoms with E-state index in [0.717, 1.165) is 0 Å². The summed E-state index contributed by atoms with van der Waals surface area (Å²) in [5.74, 6) is -2.81. The average molecular weight is 488 g/mol. The van der Waals surface area contributed by atoms with Gasteiger partial charge in [-0.15, -0.1) is 0 Å². The molecule has 0 N–H and O–H groups in total. The van der Waals surface area contributed by atoms with Gasteiger partial charge < -0.3 is 28.1 Å². The van der Waals surface area contributed by atoms with Crippen LogP contribution in [0.3, 0.4) is 0 Å². The number of hydrogen-bond donors (Lipinski definition) is 0. The molecular formula is C25H28O10. The van der Waals surface area contributed by atoms with E-state index in [1.165, 1.54) is 21.0 Å². The highest BCUT2D eigenvalue weighted by atomic mass is 16.6. The highest BCUT2D eigenvalue weighted by Crippen LogP contribution is 2.55. The Morgan fingerprint density at radius 1 is 1.17 bits per heavy atom. The van der Waals surface area contributed by atoms with Crippen LogP contribution in [0.25, 0.3) is 0 Å². The topological polar surface area (TPSA) is 131 Å². The molecule has 4 heterocycles. The first kappa shape index (κ1) is 24.7. The van der Waals surface area contributed by atoms with E-state index in [-0.39, 0.29) is 17.6 Å². The molecule has 0 saturated carbocycles. The van der Waals surface area contributed by atoms with Crippen LogP contribution in [-0.2, 0) is 42.9 Å². The van der Waals surface area contributed by atoms with Gasteiger partial charge in [0.1, 0.15) is 35.4 Å². The van der Waals surface area contributed by atoms with Crippen molar-refractivity contribution in [1.29, 1.82) is 0 Å². The van der Waals surface area contributed by atoms with Crippen molar-refractivity contribution in [3.8, 4) is 0 Å². The summed E-state index contributed by atoms with van der Waals surface area (Å²) in [6.07, 6.45) is -1.38.